The number of halogens is 1. The van der Waals surface area contributed by atoms with E-state index in [4.69, 9.17) is 0 Å². The molecule has 1 atom stereocenters. The first-order valence-electron chi connectivity index (χ1n) is 9.17. The Morgan fingerprint density at radius 3 is 2.78 bits per heavy atom. The number of aromatic nitrogens is 3. The number of phenolic OH excluding ortho intramolecular Hbond substituents is 1. The summed E-state index contributed by atoms with van der Waals surface area (Å²) in [7, 11) is 6.18. The van der Waals surface area contributed by atoms with Crippen LogP contribution in [0.5, 0.6) is 5.75 Å². The molecule has 0 aliphatic carbocycles. The van der Waals surface area contributed by atoms with E-state index in [0.29, 0.717) is 17.3 Å². The Morgan fingerprint density at radius 1 is 1.22 bits per heavy atom. The Hall–Kier alpha value is -2.67. The van der Waals surface area contributed by atoms with Gasteiger partial charge in [-0.15, -0.1) is 10.2 Å². The second kappa shape index (κ2) is 6.81. The van der Waals surface area contributed by atoms with E-state index >= 15 is 0 Å². The largest absolute Gasteiger partial charge is 0.507 e. The Labute approximate surface area is 157 Å². The molecule has 142 valence electrons. The first-order chi connectivity index (χ1) is 13.0. The zero-order valence-electron chi connectivity index (χ0n) is 15.9. The van der Waals surface area contributed by atoms with E-state index in [-0.39, 0.29) is 5.75 Å². The molecule has 2 aromatic heterocycles. The molecule has 27 heavy (non-hydrogen) atoms. The van der Waals surface area contributed by atoms with Crippen LogP contribution in [0, 0.1) is 5.82 Å². The summed E-state index contributed by atoms with van der Waals surface area (Å²) >= 11 is 0. The van der Waals surface area contributed by atoms with E-state index in [2.05, 4.69) is 34.1 Å². The zero-order valence-corrected chi connectivity index (χ0v) is 15.9. The van der Waals surface area contributed by atoms with Crippen molar-refractivity contribution in [2.24, 2.45) is 7.05 Å². The minimum atomic E-state index is -0.480. The topological polar surface area (TPSA) is 57.4 Å². The normalized spacial score (nSPS) is 18.1. The van der Waals surface area contributed by atoms with Crippen LogP contribution in [-0.4, -0.2) is 58.0 Å². The fourth-order valence-corrected chi connectivity index (χ4v) is 3.97. The summed E-state index contributed by atoms with van der Waals surface area (Å²) < 4.78 is 15.4. The lowest BCUT2D eigenvalue weighted by molar-refractivity contribution is 0.247. The summed E-state index contributed by atoms with van der Waals surface area (Å²) in [6.45, 7) is 2.11. The van der Waals surface area contributed by atoms with E-state index in [0.717, 1.165) is 48.7 Å². The summed E-state index contributed by atoms with van der Waals surface area (Å²) in [6.07, 6.45) is 4.24. The van der Waals surface area contributed by atoms with Crippen LogP contribution in [0.15, 0.2) is 30.5 Å². The second-order valence-electron chi connectivity index (χ2n) is 7.39. The minimum absolute atomic E-state index is 0.135. The highest BCUT2D eigenvalue weighted by atomic mass is 19.1. The molecular formula is C20H24FN5O. The van der Waals surface area contributed by atoms with Gasteiger partial charge in [-0.05, 0) is 44.6 Å². The average molecular weight is 369 g/mol. The van der Waals surface area contributed by atoms with Crippen LogP contribution in [-0.2, 0) is 7.05 Å². The van der Waals surface area contributed by atoms with Gasteiger partial charge >= 0.3 is 0 Å². The van der Waals surface area contributed by atoms with Gasteiger partial charge in [0.2, 0.25) is 0 Å². The van der Waals surface area contributed by atoms with Gasteiger partial charge in [0.05, 0.1) is 5.52 Å². The van der Waals surface area contributed by atoms with Crippen LogP contribution in [0.1, 0.15) is 12.8 Å². The fourth-order valence-electron chi connectivity index (χ4n) is 3.97. The number of anilines is 1. The van der Waals surface area contributed by atoms with Crippen molar-refractivity contribution in [2.75, 3.05) is 32.1 Å². The van der Waals surface area contributed by atoms with Gasteiger partial charge in [-0.1, -0.05) is 0 Å². The molecule has 0 radical (unpaired) electrons. The van der Waals surface area contributed by atoms with Gasteiger partial charge in [0.25, 0.3) is 0 Å². The lowest BCUT2D eigenvalue weighted by Gasteiger charge is -2.36. The maximum absolute atomic E-state index is 13.4. The first kappa shape index (κ1) is 17.7. The van der Waals surface area contributed by atoms with E-state index in [1.54, 1.807) is 6.07 Å². The smallest absolute Gasteiger partial charge is 0.175 e. The molecule has 7 heteroatoms. The third-order valence-corrected chi connectivity index (χ3v) is 5.48. The van der Waals surface area contributed by atoms with Gasteiger partial charge < -0.3 is 19.5 Å². The minimum Gasteiger partial charge on any atom is -0.507 e. The molecule has 0 saturated carbocycles. The molecule has 1 N–H and O–H groups in total. The van der Waals surface area contributed by atoms with Crippen molar-refractivity contribution in [3.05, 3.63) is 36.3 Å². The van der Waals surface area contributed by atoms with E-state index in [9.17, 15) is 9.50 Å². The Bertz CT molecular complexity index is 986. The molecule has 1 aliphatic heterocycles. The number of nitrogens with zero attached hydrogens (tertiary/aromatic N) is 5. The average Bonchev–Trinajstić information content (AvgIpc) is 3.03. The number of hydrogen-bond donors (Lipinski definition) is 1. The molecule has 1 aliphatic rings. The number of aromatic hydroxyl groups is 1. The molecule has 0 amide bonds. The lowest BCUT2D eigenvalue weighted by Crippen LogP contribution is -2.45. The Morgan fingerprint density at radius 2 is 2.04 bits per heavy atom. The molecule has 0 bridgehead atoms. The Balaban J connectivity index is 1.81. The molecule has 6 nitrogen and oxygen atoms in total. The SMILES string of the molecule is CN1CCC[C@@H](N(C)c2nnc(-c3ccc(F)cc3O)c3ccn(C)c23)C1. The number of rotatable bonds is 3. The van der Waals surface area contributed by atoms with Crippen LogP contribution >= 0.6 is 0 Å². The predicted molar refractivity (Wildman–Crippen MR) is 104 cm³/mol. The molecule has 3 heterocycles. The highest BCUT2D eigenvalue weighted by Gasteiger charge is 2.25. The molecule has 1 aromatic carbocycles. The number of hydrogen-bond acceptors (Lipinski definition) is 5. The quantitative estimate of drug-likeness (QED) is 0.769. The fraction of sp³-hybridized carbons (Fsp3) is 0.400. The van der Waals surface area contributed by atoms with Crippen molar-refractivity contribution < 1.29 is 9.50 Å². The standard InChI is InChI=1S/C20H24FN5O/c1-24-9-4-5-14(12-24)26(3)20-19-16(8-10-25(19)2)18(22-23-20)15-7-6-13(21)11-17(15)27/h6-8,10-11,14,27H,4-5,9,12H2,1-3H3/t14-/m1/s1. The number of aryl methyl sites for hydroxylation is 1. The first-order valence-corrected chi connectivity index (χ1v) is 9.17. The summed E-state index contributed by atoms with van der Waals surface area (Å²) in [5, 5.41) is 20.0. The van der Waals surface area contributed by atoms with Crippen molar-refractivity contribution in [2.45, 2.75) is 18.9 Å². The summed E-state index contributed by atoms with van der Waals surface area (Å²) in [6, 6.07) is 6.31. The van der Waals surface area contributed by atoms with Crippen molar-refractivity contribution >= 4 is 16.7 Å². The van der Waals surface area contributed by atoms with Crippen LogP contribution in [0.2, 0.25) is 0 Å². The lowest BCUT2D eigenvalue weighted by atomic mass is 10.0. The van der Waals surface area contributed by atoms with Crippen molar-refractivity contribution in [3.8, 4) is 17.0 Å². The van der Waals surface area contributed by atoms with Gasteiger partial charge in [-0.3, -0.25) is 0 Å². The molecule has 0 spiro atoms. The van der Waals surface area contributed by atoms with Gasteiger partial charge in [-0.25, -0.2) is 4.39 Å². The number of fused-ring (bicyclic) bond motifs is 1. The third-order valence-electron chi connectivity index (χ3n) is 5.48. The number of likely N-dealkylation sites (N-methyl/N-ethyl adjacent to an activating group) is 2. The summed E-state index contributed by atoms with van der Waals surface area (Å²) in [5.74, 6) is 0.207. The molecular weight excluding hydrogens is 345 g/mol. The maximum Gasteiger partial charge on any atom is 0.175 e. The second-order valence-corrected chi connectivity index (χ2v) is 7.39. The van der Waals surface area contributed by atoms with E-state index in [1.807, 2.05) is 23.9 Å². The summed E-state index contributed by atoms with van der Waals surface area (Å²) in [4.78, 5) is 4.55. The zero-order chi connectivity index (χ0) is 19.1. The van der Waals surface area contributed by atoms with Gasteiger partial charge in [0.1, 0.15) is 17.3 Å². The van der Waals surface area contributed by atoms with Crippen molar-refractivity contribution in [3.63, 3.8) is 0 Å². The highest BCUT2D eigenvalue weighted by molar-refractivity contribution is 5.99. The molecule has 1 fully saturated rings. The van der Waals surface area contributed by atoms with Crippen LogP contribution in [0.4, 0.5) is 10.2 Å². The van der Waals surface area contributed by atoms with E-state index in [1.165, 1.54) is 6.07 Å². The van der Waals surface area contributed by atoms with Crippen LogP contribution in [0.3, 0.4) is 0 Å². The highest BCUT2D eigenvalue weighted by Crippen LogP contribution is 2.36. The molecule has 4 rings (SSSR count). The van der Waals surface area contributed by atoms with Gasteiger partial charge in [0, 0.05) is 49.9 Å². The summed E-state index contributed by atoms with van der Waals surface area (Å²) in [5.41, 5.74) is 1.99. The van der Waals surface area contributed by atoms with Crippen molar-refractivity contribution in [1.82, 2.24) is 19.7 Å². The number of benzene rings is 1. The monoisotopic (exact) mass is 369 g/mol. The number of piperidine rings is 1. The van der Waals surface area contributed by atoms with Gasteiger partial charge in [0.15, 0.2) is 5.82 Å². The third kappa shape index (κ3) is 3.12. The number of phenols is 1. The van der Waals surface area contributed by atoms with Crippen LogP contribution < -0.4 is 4.90 Å². The van der Waals surface area contributed by atoms with Gasteiger partial charge in [-0.2, -0.15) is 0 Å². The molecule has 3 aromatic rings. The Kier molecular flexibility index (Phi) is 4.47. The predicted octanol–water partition coefficient (Wildman–Crippen LogP) is 3.01. The molecule has 1 saturated heterocycles. The van der Waals surface area contributed by atoms with Crippen LogP contribution in [0.25, 0.3) is 22.2 Å². The molecule has 0 unspecified atom stereocenters. The van der Waals surface area contributed by atoms with E-state index < -0.39 is 5.82 Å². The maximum atomic E-state index is 13.4. The number of likely N-dealkylation sites (tertiary alicyclic amines) is 1. The van der Waals surface area contributed by atoms with Crippen molar-refractivity contribution in [1.29, 1.82) is 0 Å².